The van der Waals surface area contributed by atoms with Gasteiger partial charge >= 0.3 is 0 Å². The van der Waals surface area contributed by atoms with Crippen LogP contribution in [0.15, 0.2) is 24.9 Å². The Morgan fingerprint density at radius 1 is 1.40 bits per heavy atom. The van der Waals surface area contributed by atoms with E-state index in [2.05, 4.69) is 37.7 Å². The highest BCUT2D eigenvalue weighted by atomic mass is 14.9. The molecule has 0 fully saturated rings. The summed E-state index contributed by atoms with van der Waals surface area (Å²) in [6.45, 7) is 12.6. The second-order valence-corrected chi connectivity index (χ2v) is 4.34. The van der Waals surface area contributed by atoms with Crippen LogP contribution in [0.5, 0.6) is 0 Å². The van der Waals surface area contributed by atoms with Gasteiger partial charge in [-0.3, -0.25) is 4.98 Å². The molecule has 1 N–H and O–H groups in total. The summed E-state index contributed by atoms with van der Waals surface area (Å²) in [5.41, 5.74) is 3.12. The van der Waals surface area contributed by atoms with Gasteiger partial charge in [0.15, 0.2) is 0 Å². The predicted molar refractivity (Wildman–Crippen MR) is 65.4 cm³/mol. The SMILES string of the molecule is C=C(N[C@H](C)C(C)C)c1ccnc(C)c1. The van der Waals surface area contributed by atoms with E-state index < -0.39 is 0 Å². The Kier molecular flexibility index (Phi) is 3.89. The number of pyridine rings is 1. The van der Waals surface area contributed by atoms with E-state index in [0.717, 1.165) is 17.0 Å². The number of aromatic nitrogens is 1. The van der Waals surface area contributed by atoms with E-state index in [4.69, 9.17) is 0 Å². The van der Waals surface area contributed by atoms with Gasteiger partial charge in [0, 0.05) is 29.2 Å². The average molecular weight is 204 g/mol. The van der Waals surface area contributed by atoms with Gasteiger partial charge in [0.05, 0.1) is 0 Å². The lowest BCUT2D eigenvalue weighted by molar-refractivity contribution is 0.481. The van der Waals surface area contributed by atoms with Crippen LogP contribution in [0.3, 0.4) is 0 Å². The topological polar surface area (TPSA) is 24.9 Å². The van der Waals surface area contributed by atoms with E-state index in [1.165, 1.54) is 0 Å². The average Bonchev–Trinajstić information content (AvgIpc) is 2.17. The van der Waals surface area contributed by atoms with Crippen molar-refractivity contribution >= 4 is 5.70 Å². The van der Waals surface area contributed by atoms with Crippen LogP contribution in [0.25, 0.3) is 5.70 Å². The Bertz CT molecular complexity index is 342. The molecule has 2 nitrogen and oxygen atoms in total. The minimum Gasteiger partial charge on any atom is -0.382 e. The van der Waals surface area contributed by atoms with Gasteiger partial charge in [-0.1, -0.05) is 20.4 Å². The Morgan fingerprint density at radius 2 is 2.07 bits per heavy atom. The minimum atomic E-state index is 0.436. The largest absolute Gasteiger partial charge is 0.382 e. The molecule has 0 unspecified atom stereocenters. The summed E-state index contributed by atoms with van der Waals surface area (Å²) in [5, 5.41) is 3.40. The molecule has 1 rings (SSSR count). The van der Waals surface area contributed by atoms with Crippen molar-refractivity contribution in [3.8, 4) is 0 Å². The lowest BCUT2D eigenvalue weighted by atomic mass is 10.1. The number of hydrogen-bond donors (Lipinski definition) is 1. The van der Waals surface area contributed by atoms with Crippen molar-refractivity contribution < 1.29 is 0 Å². The second kappa shape index (κ2) is 4.96. The summed E-state index contributed by atoms with van der Waals surface area (Å²) >= 11 is 0. The number of aryl methyl sites for hydroxylation is 1. The molecule has 0 saturated heterocycles. The van der Waals surface area contributed by atoms with Gasteiger partial charge in [-0.15, -0.1) is 0 Å². The van der Waals surface area contributed by atoms with E-state index in [9.17, 15) is 0 Å². The molecule has 0 bridgehead atoms. The van der Waals surface area contributed by atoms with Crippen molar-refractivity contribution in [2.75, 3.05) is 0 Å². The molecule has 1 aromatic rings. The molecule has 1 atom stereocenters. The molecule has 0 saturated carbocycles. The van der Waals surface area contributed by atoms with Crippen LogP contribution in [0.4, 0.5) is 0 Å². The van der Waals surface area contributed by atoms with Crippen LogP contribution < -0.4 is 5.32 Å². The molecule has 0 radical (unpaired) electrons. The van der Waals surface area contributed by atoms with Crippen LogP contribution >= 0.6 is 0 Å². The van der Waals surface area contributed by atoms with Crippen LogP contribution in [0, 0.1) is 12.8 Å². The highest BCUT2D eigenvalue weighted by molar-refractivity contribution is 5.61. The van der Waals surface area contributed by atoms with Crippen molar-refractivity contribution in [3.05, 3.63) is 36.2 Å². The van der Waals surface area contributed by atoms with E-state index >= 15 is 0 Å². The van der Waals surface area contributed by atoms with Gasteiger partial charge in [0.1, 0.15) is 0 Å². The molecular weight excluding hydrogens is 184 g/mol. The summed E-state index contributed by atoms with van der Waals surface area (Å²) in [6, 6.07) is 4.46. The van der Waals surface area contributed by atoms with Crippen LogP contribution in [0.2, 0.25) is 0 Å². The highest BCUT2D eigenvalue weighted by Gasteiger charge is 2.08. The zero-order chi connectivity index (χ0) is 11.4. The third-order valence-electron chi connectivity index (χ3n) is 2.65. The number of nitrogens with zero attached hydrogens (tertiary/aromatic N) is 1. The second-order valence-electron chi connectivity index (χ2n) is 4.34. The fourth-order valence-electron chi connectivity index (χ4n) is 1.26. The predicted octanol–water partition coefficient (Wildman–Crippen LogP) is 2.99. The monoisotopic (exact) mass is 204 g/mol. The Hall–Kier alpha value is -1.31. The van der Waals surface area contributed by atoms with E-state index in [0.29, 0.717) is 12.0 Å². The first kappa shape index (κ1) is 11.8. The van der Waals surface area contributed by atoms with E-state index in [1.807, 2.05) is 25.3 Å². The molecule has 1 aromatic heterocycles. The van der Waals surface area contributed by atoms with Gasteiger partial charge in [-0.2, -0.15) is 0 Å². The lowest BCUT2D eigenvalue weighted by Crippen LogP contribution is -2.29. The van der Waals surface area contributed by atoms with Gasteiger partial charge < -0.3 is 5.32 Å². The fraction of sp³-hybridized carbons (Fsp3) is 0.462. The molecule has 0 aliphatic heterocycles. The molecule has 2 heteroatoms. The quantitative estimate of drug-likeness (QED) is 0.815. The Labute approximate surface area is 92.4 Å². The van der Waals surface area contributed by atoms with Crippen molar-refractivity contribution in [2.45, 2.75) is 33.7 Å². The Morgan fingerprint density at radius 3 is 2.60 bits per heavy atom. The summed E-state index contributed by atoms with van der Waals surface area (Å²) < 4.78 is 0. The van der Waals surface area contributed by atoms with E-state index in [-0.39, 0.29) is 0 Å². The number of hydrogen-bond acceptors (Lipinski definition) is 2. The van der Waals surface area contributed by atoms with Crippen molar-refractivity contribution in [1.82, 2.24) is 10.3 Å². The van der Waals surface area contributed by atoms with Crippen molar-refractivity contribution in [1.29, 1.82) is 0 Å². The molecule has 0 aliphatic carbocycles. The van der Waals surface area contributed by atoms with Crippen molar-refractivity contribution in [2.24, 2.45) is 5.92 Å². The van der Waals surface area contributed by atoms with Crippen LogP contribution in [-0.2, 0) is 0 Å². The standard InChI is InChI=1S/C13H20N2/c1-9(2)11(4)15-12(5)13-6-7-14-10(3)8-13/h6-9,11,15H,5H2,1-4H3/t11-/m1/s1. The minimum absolute atomic E-state index is 0.436. The maximum Gasteiger partial charge on any atom is 0.0379 e. The normalized spacial score (nSPS) is 12.6. The molecular formula is C13H20N2. The van der Waals surface area contributed by atoms with E-state index in [1.54, 1.807) is 0 Å². The third kappa shape index (κ3) is 3.39. The van der Waals surface area contributed by atoms with Gasteiger partial charge in [0.2, 0.25) is 0 Å². The summed E-state index contributed by atoms with van der Waals surface area (Å²) in [6.07, 6.45) is 1.82. The zero-order valence-corrected chi connectivity index (χ0v) is 10.0. The smallest absolute Gasteiger partial charge is 0.0379 e. The molecule has 1 heterocycles. The van der Waals surface area contributed by atoms with Gasteiger partial charge in [-0.25, -0.2) is 0 Å². The lowest BCUT2D eigenvalue weighted by Gasteiger charge is -2.20. The summed E-state index contributed by atoms with van der Waals surface area (Å²) in [7, 11) is 0. The third-order valence-corrected chi connectivity index (χ3v) is 2.65. The molecule has 0 aliphatic rings. The molecule has 0 amide bonds. The number of rotatable bonds is 4. The molecule has 82 valence electrons. The summed E-state index contributed by atoms with van der Waals surface area (Å²) in [4.78, 5) is 4.17. The molecule has 0 aromatic carbocycles. The first-order valence-electron chi connectivity index (χ1n) is 5.39. The van der Waals surface area contributed by atoms with Gasteiger partial charge in [-0.05, 0) is 31.9 Å². The first-order chi connectivity index (χ1) is 7.00. The molecule has 0 spiro atoms. The highest BCUT2D eigenvalue weighted by Crippen LogP contribution is 2.12. The summed E-state index contributed by atoms with van der Waals surface area (Å²) in [5.74, 6) is 0.602. The van der Waals surface area contributed by atoms with Crippen molar-refractivity contribution in [3.63, 3.8) is 0 Å². The zero-order valence-electron chi connectivity index (χ0n) is 10.0. The maximum absolute atomic E-state index is 4.17. The Balaban J connectivity index is 2.69. The van der Waals surface area contributed by atoms with Crippen LogP contribution in [0.1, 0.15) is 32.0 Å². The fourth-order valence-corrected chi connectivity index (χ4v) is 1.26. The number of nitrogens with one attached hydrogen (secondary N) is 1. The maximum atomic E-state index is 4.17. The van der Waals surface area contributed by atoms with Gasteiger partial charge in [0.25, 0.3) is 0 Å². The first-order valence-corrected chi connectivity index (χ1v) is 5.39. The molecule has 15 heavy (non-hydrogen) atoms. The van der Waals surface area contributed by atoms with Crippen LogP contribution in [-0.4, -0.2) is 11.0 Å².